The lowest BCUT2D eigenvalue weighted by Crippen LogP contribution is -2.56. The molecule has 84 valence electrons. The maximum Gasteiger partial charge on any atom is 0.237 e. The summed E-state index contributed by atoms with van der Waals surface area (Å²) in [6.45, 7) is 8.33. The van der Waals surface area contributed by atoms with Crippen LogP contribution in [-0.2, 0) is 9.53 Å². The molecule has 0 aliphatic carbocycles. The molecule has 14 heavy (non-hydrogen) atoms. The van der Waals surface area contributed by atoms with E-state index in [2.05, 4.69) is 5.32 Å². The minimum absolute atomic E-state index is 0.343. The number of rotatable bonds is 6. The van der Waals surface area contributed by atoms with Gasteiger partial charge in [-0.15, -0.1) is 0 Å². The molecule has 0 radical (unpaired) electrons. The second-order valence-corrected chi connectivity index (χ2v) is 4.37. The van der Waals surface area contributed by atoms with E-state index in [1.807, 2.05) is 20.8 Å². The lowest BCUT2D eigenvalue weighted by molar-refractivity contribution is -0.126. The van der Waals surface area contributed by atoms with E-state index in [1.54, 1.807) is 14.0 Å². The molecule has 0 aromatic rings. The number of hydrogen-bond donors (Lipinski definition) is 2. The minimum Gasteiger partial charge on any atom is -0.379 e. The Morgan fingerprint density at radius 1 is 1.43 bits per heavy atom. The molecule has 0 aromatic heterocycles. The van der Waals surface area contributed by atoms with Gasteiger partial charge in [0.15, 0.2) is 0 Å². The van der Waals surface area contributed by atoms with Crippen molar-refractivity contribution in [2.75, 3.05) is 13.7 Å². The smallest absolute Gasteiger partial charge is 0.237 e. The van der Waals surface area contributed by atoms with Crippen LogP contribution in [0.2, 0.25) is 0 Å². The number of methoxy groups -OCH3 is 1. The maximum absolute atomic E-state index is 11.3. The van der Waals surface area contributed by atoms with E-state index in [1.165, 1.54) is 0 Å². The standard InChI is InChI=1S/C10H22N2O2/c1-6-12-10(4,8(11)13)7-9(2,3)14-5/h12H,6-7H2,1-5H3,(H2,11,13). The van der Waals surface area contributed by atoms with Crippen molar-refractivity contribution in [1.29, 1.82) is 0 Å². The molecule has 0 bridgehead atoms. The first-order valence-corrected chi connectivity index (χ1v) is 4.87. The normalized spacial score (nSPS) is 16.4. The molecule has 0 saturated carbocycles. The molecule has 0 aliphatic rings. The average Bonchev–Trinajstić information content (AvgIpc) is 2.03. The van der Waals surface area contributed by atoms with E-state index >= 15 is 0 Å². The summed E-state index contributed by atoms with van der Waals surface area (Å²) in [5.74, 6) is -0.343. The Morgan fingerprint density at radius 2 is 1.93 bits per heavy atom. The molecular weight excluding hydrogens is 180 g/mol. The molecule has 0 fully saturated rings. The number of ether oxygens (including phenoxy) is 1. The van der Waals surface area contributed by atoms with Crippen LogP contribution in [0.15, 0.2) is 0 Å². The second-order valence-electron chi connectivity index (χ2n) is 4.37. The first-order valence-electron chi connectivity index (χ1n) is 4.87. The largest absolute Gasteiger partial charge is 0.379 e. The Hall–Kier alpha value is -0.610. The molecule has 4 nitrogen and oxygen atoms in total. The summed E-state index contributed by atoms with van der Waals surface area (Å²) in [6.07, 6.45) is 0.555. The summed E-state index contributed by atoms with van der Waals surface area (Å²) in [6, 6.07) is 0. The molecule has 0 saturated heterocycles. The monoisotopic (exact) mass is 202 g/mol. The van der Waals surface area contributed by atoms with Crippen molar-refractivity contribution in [2.45, 2.75) is 45.3 Å². The number of primary amides is 1. The van der Waals surface area contributed by atoms with E-state index in [-0.39, 0.29) is 11.5 Å². The number of carbonyl (C=O) groups excluding carboxylic acids is 1. The molecule has 1 amide bonds. The maximum atomic E-state index is 11.3. The van der Waals surface area contributed by atoms with Gasteiger partial charge in [0, 0.05) is 13.5 Å². The molecule has 0 rings (SSSR count). The third kappa shape index (κ3) is 3.64. The zero-order chi connectivity index (χ0) is 11.4. The zero-order valence-electron chi connectivity index (χ0n) is 9.81. The van der Waals surface area contributed by atoms with Crippen LogP contribution < -0.4 is 11.1 Å². The molecule has 3 N–H and O–H groups in total. The van der Waals surface area contributed by atoms with Crippen LogP contribution in [0, 0.1) is 0 Å². The Bertz CT molecular complexity index is 204. The zero-order valence-corrected chi connectivity index (χ0v) is 9.81. The first kappa shape index (κ1) is 13.4. The van der Waals surface area contributed by atoms with Crippen molar-refractivity contribution in [1.82, 2.24) is 5.32 Å². The van der Waals surface area contributed by atoms with Gasteiger partial charge in [-0.2, -0.15) is 0 Å². The molecular formula is C10H22N2O2. The van der Waals surface area contributed by atoms with E-state index in [4.69, 9.17) is 10.5 Å². The van der Waals surface area contributed by atoms with Crippen LogP contribution in [-0.4, -0.2) is 30.7 Å². The lowest BCUT2D eigenvalue weighted by atomic mass is 9.87. The van der Waals surface area contributed by atoms with Crippen molar-refractivity contribution in [3.63, 3.8) is 0 Å². The molecule has 0 aromatic carbocycles. The van der Waals surface area contributed by atoms with E-state index in [9.17, 15) is 4.79 Å². The van der Waals surface area contributed by atoms with E-state index < -0.39 is 5.54 Å². The molecule has 0 spiro atoms. The highest BCUT2D eigenvalue weighted by Gasteiger charge is 2.36. The molecule has 4 heteroatoms. The Labute approximate surface area is 86.2 Å². The van der Waals surface area contributed by atoms with Crippen molar-refractivity contribution in [3.05, 3.63) is 0 Å². The highest BCUT2D eigenvalue weighted by atomic mass is 16.5. The highest BCUT2D eigenvalue weighted by Crippen LogP contribution is 2.22. The quantitative estimate of drug-likeness (QED) is 0.665. The van der Waals surface area contributed by atoms with Gasteiger partial charge in [0.05, 0.1) is 11.1 Å². The average molecular weight is 202 g/mol. The fraction of sp³-hybridized carbons (Fsp3) is 0.900. The summed E-state index contributed by atoms with van der Waals surface area (Å²) >= 11 is 0. The van der Waals surface area contributed by atoms with Crippen LogP contribution in [0.4, 0.5) is 0 Å². The van der Waals surface area contributed by atoms with Crippen LogP contribution in [0.5, 0.6) is 0 Å². The summed E-state index contributed by atoms with van der Waals surface area (Å²) in [5, 5.41) is 3.09. The van der Waals surface area contributed by atoms with Crippen molar-refractivity contribution in [3.8, 4) is 0 Å². The van der Waals surface area contributed by atoms with Crippen LogP contribution in [0.25, 0.3) is 0 Å². The fourth-order valence-electron chi connectivity index (χ4n) is 1.55. The Balaban J connectivity index is 4.60. The summed E-state index contributed by atoms with van der Waals surface area (Å²) in [7, 11) is 1.63. The van der Waals surface area contributed by atoms with Gasteiger partial charge in [-0.25, -0.2) is 0 Å². The van der Waals surface area contributed by atoms with Crippen molar-refractivity contribution < 1.29 is 9.53 Å². The second kappa shape index (κ2) is 4.75. The third-order valence-corrected chi connectivity index (χ3v) is 2.44. The minimum atomic E-state index is -0.700. The number of likely N-dealkylation sites (N-methyl/N-ethyl adjacent to an activating group) is 1. The summed E-state index contributed by atoms with van der Waals surface area (Å²) < 4.78 is 5.28. The molecule has 0 aliphatic heterocycles. The Kier molecular flexibility index (Phi) is 4.55. The number of nitrogens with two attached hydrogens (primary N) is 1. The van der Waals surface area contributed by atoms with Gasteiger partial charge in [0.1, 0.15) is 0 Å². The SMILES string of the molecule is CCNC(C)(CC(C)(C)OC)C(N)=O. The predicted molar refractivity (Wildman–Crippen MR) is 57.0 cm³/mol. The van der Waals surface area contributed by atoms with Gasteiger partial charge < -0.3 is 15.8 Å². The van der Waals surface area contributed by atoms with Gasteiger partial charge in [0.25, 0.3) is 0 Å². The van der Waals surface area contributed by atoms with E-state index in [0.29, 0.717) is 13.0 Å². The Morgan fingerprint density at radius 3 is 2.21 bits per heavy atom. The topological polar surface area (TPSA) is 64.3 Å². The lowest BCUT2D eigenvalue weighted by Gasteiger charge is -2.35. The van der Waals surface area contributed by atoms with Crippen molar-refractivity contribution >= 4 is 5.91 Å². The highest BCUT2D eigenvalue weighted by molar-refractivity contribution is 5.84. The first-order chi connectivity index (χ1) is 6.27. The van der Waals surface area contributed by atoms with E-state index in [0.717, 1.165) is 0 Å². The number of carbonyl (C=O) groups is 1. The van der Waals surface area contributed by atoms with Crippen LogP contribution in [0.1, 0.15) is 34.1 Å². The van der Waals surface area contributed by atoms with Gasteiger partial charge >= 0.3 is 0 Å². The third-order valence-electron chi connectivity index (χ3n) is 2.44. The summed E-state index contributed by atoms with van der Waals surface area (Å²) in [5.41, 5.74) is 4.31. The molecule has 1 unspecified atom stereocenters. The molecule has 1 atom stereocenters. The number of hydrogen-bond acceptors (Lipinski definition) is 3. The molecule has 0 heterocycles. The van der Waals surface area contributed by atoms with Gasteiger partial charge in [-0.3, -0.25) is 4.79 Å². The van der Waals surface area contributed by atoms with Crippen LogP contribution in [0.3, 0.4) is 0 Å². The number of nitrogens with one attached hydrogen (secondary N) is 1. The van der Waals surface area contributed by atoms with Crippen LogP contribution >= 0.6 is 0 Å². The summed E-state index contributed by atoms with van der Waals surface area (Å²) in [4.78, 5) is 11.3. The number of amides is 1. The van der Waals surface area contributed by atoms with Gasteiger partial charge in [0.2, 0.25) is 5.91 Å². The predicted octanol–water partition coefficient (Wildman–Crippen LogP) is 0.655. The van der Waals surface area contributed by atoms with Crippen molar-refractivity contribution in [2.24, 2.45) is 5.73 Å². The fourth-order valence-corrected chi connectivity index (χ4v) is 1.55. The van der Waals surface area contributed by atoms with Gasteiger partial charge in [-0.1, -0.05) is 6.92 Å². The van der Waals surface area contributed by atoms with Gasteiger partial charge in [-0.05, 0) is 27.3 Å².